The van der Waals surface area contributed by atoms with Crippen LogP contribution in [0, 0.1) is 0 Å². The molecule has 1 aromatic rings. The summed E-state index contributed by atoms with van der Waals surface area (Å²) in [6.45, 7) is 7.94. The molecular weight excluding hydrogens is 390 g/mol. The summed E-state index contributed by atoms with van der Waals surface area (Å²) in [6, 6.07) is 9.30. The van der Waals surface area contributed by atoms with Gasteiger partial charge in [0.1, 0.15) is 6.17 Å². The molecular formula is C24H37N5S. The van der Waals surface area contributed by atoms with Gasteiger partial charge in [-0.3, -0.25) is 4.90 Å². The van der Waals surface area contributed by atoms with Crippen LogP contribution in [0.15, 0.2) is 47.7 Å². The standard InChI is InChI=1S/C24H37N5S/c25-19-23-18-21-7-13-29(23)24(22-5-3-20(17-21)4-6-22)28-12-2-16-30-15-1-8-26-9-10-27-11-14-28/h3-7,18,24,26-27H,1-2,8-17,19,25H2. The summed E-state index contributed by atoms with van der Waals surface area (Å²) in [7, 11) is 0. The molecule has 6 heteroatoms. The molecule has 6 aliphatic heterocycles. The Balaban J connectivity index is 1.58. The van der Waals surface area contributed by atoms with E-state index in [1.807, 2.05) is 0 Å². The third kappa shape index (κ3) is 5.68. The summed E-state index contributed by atoms with van der Waals surface area (Å²) in [5, 5.41) is 7.19. The Morgan fingerprint density at radius 3 is 2.60 bits per heavy atom. The van der Waals surface area contributed by atoms with Crippen molar-refractivity contribution in [2.45, 2.75) is 25.4 Å². The number of benzene rings is 1. The van der Waals surface area contributed by atoms with Gasteiger partial charge in [-0.15, -0.1) is 0 Å². The molecule has 0 radical (unpaired) electrons. The van der Waals surface area contributed by atoms with Crippen molar-refractivity contribution in [2.24, 2.45) is 5.73 Å². The summed E-state index contributed by atoms with van der Waals surface area (Å²) in [5.41, 5.74) is 11.7. The van der Waals surface area contributed by atoms with Crippen molar-refractivity contribution in [3.8, 4) is 0 Å². The first-order chi connectivity index (χ1) is 14.8. The molecule has 1 fully saturated rings. The second-order valence-corrected chi connectivity index (χ2v) is 9.64. The average Bonchev–Trinajstić information content (AvgIpc) is 2.79. The van der Waals surface area contributed by atoms with E-state index < -0.39 is 0 Å². The third-order valence-electron chi connectivity index (χ3n) is 6.24. The van der Waals surface area contributed by atoms with Crippen LogP contribution >= 0.6 is 11.8 Å². The molecule has 0 spiro atoms. The van der Waals surface area contributed by atoms with Crippen LogP contribution in [0.25, 0.3) is 0 Å². The maximum absolute atomic E-state index is 6.23. The lowest BCUT2D eigenvalue weighted by atomic mass is 9.95. The van der Waals surface area contributed by atoms with Crippen LogP contribution in [0.4, 0.5) is 0 Å². The Labute approximate surface area is 186 Å². The van der Waals surface area contributed by atoms with E-state index in [9.17, 15) is 0 Å². The van der Waals surface area contributed by atoms with Crippen LogP contribution in [-0.2, 0) is 6.42 Å². The van der Waals surface area contributed by atoms with Gasteiger partial charge in [0.2, 0.25) is 0 Å². The van der Waals surface area contributed by atoms with Crippen molar-refractivity contribution >= 4 is 11.8 Å². The number of nitrogens with two attached hydrogens (primary N) is 1. The van der Waals surface area contributed by atoms with Gasteiger partial charge in [-0.25, -0.2) is 0 Å². The van der Waals surface area contributed by atoms with Crippen molar-refractivity contribution in [1.82, 2.24) is 20.4 Å². The monoisotopic (exact) mass is 427 g/mol. The van der Waals surface area contributed by atoms with E-state index in [2.05, 4.69) is 68.6 Å². The molecule has 0 aliphatic carbocycles. The zero-order valence-electron chi connectivity index (χ0n) is 18.1. The lowest BCUT2D eigenvalue weighted by molar-refractivity contribution is 0.0719. The Morgan fingerprint density at radius 2 is 1.77 bits per heavy atom. The van der Waals surface area contributed by atoms with Crippen LogP contribution in [0.1, 0.15) is 30.1 Å². The summed E-state index contributed by atoms with van der Waals surface area (Å²) in [5.74, 6) is 2.49. The molecule has 4 bridgehead atoms. The number of hydrogen-bond acceptors (Lipinski definition) is 6. The zero-order valence-corrected chi connectivity index (χ0v) is 18.9. The molecule has 1 aromatic carbocycles. The number of nitrogens with zero attached hydrogens (tertiary/aromatic N) is 2. The molecule has 4 N–H and O–H groups in total. The first-order valence-electron chi connectivity index (χ1n) is 11.5. The number of allylic oxidation sites excluding steroid dienone is 2. The minimum atomic E-state index is 0.239. The quantitative estimate of drug-likeness (QED) is 0.674. The highest BCUT2D eigenvalue weighted by molar-refractivity contribution is 7.99. The molecule has 164 valence electrons. The summed E-state index contributed by atoms with van der Waals surface area (Å²) in [4.78, 5) is 5.20. The average molecular weight is 428 g/mol. The zero-order chi connectivity index (χ0) is 20.6. The highest BCUT2D eigenvalue weighted by atomic mass is 32.2. The maximum atomic E-state index is 6.23. The molecule has 0 aromatic heterocycles. The number of hydrogen-bond donors (Lipinski definition) is 3. The highest BCUT2D eigenvalue weighted by Gasteiger charge is 2.29. The number of rotatable bonds is 2. The number of thioether (sulfide) groups is 1. The highest BCUT2D eigenvalue weighted by Crippen LogP contribution is 2.33. The molecule has 5 nitrogen and oxygen atoms in total. The fourth-order valence-electron chi connectivity index (χ4n) is 4.65. The topological polar surface area (TPSA) is 56.6 Å². The molecule has 0 saturated carbocycles. The fourth-order valence-corrected chi connectivity index (χ4v) is 5.54. The van der Waals surface area contributed by atoms with Gasteiger partial charge in [0, 0.05) is 51.5 Å². The van der Waals surface area contributed by atoms with Gasteiger partial charge in [-0.1, -0.05) is 30.3 Å². The minimum Gasteiger partial charge on any atom is -0.350 e. The van der Waals surface area contributed by atoms with Crippen LogP contribution in [0.5, 0.6) is 0 Å². The van der Waals surface area contributed by atoms with Crippen molar-refractivity contribution < 1.29 is 0 Å². The van der Waals surface area contributed by atoms with Crippen molar-refractivity contribution in [1.29, 1.82) is 0 Å². The Kier molecular flexibility index (Phi) is 8.29. The SMILES string of the molecule is NCC1=CC2=CCN1C(N1CCCSCCCNCCNCC1)c1ccc(cc1)C2. The Bertz CT molecular complexity index is 716. The smallest absolute Gasteiger partial charge is 0.108 e. The summed E-state index contributed by atoms with van der Waals surface area (Å²) >= 11 is 2.10. The van der Waals surface area contributed by atoms with E-state index in [4.69, 9.17) is 5.73 Å². The number of nitrogens with one attached hydrogen (secondary N) is 2. The summed E-state index contributed by atoms with van der Waals surface area (Å²) < 4.78 is 0. The van der Waals surface area contributed by atoms with Gasteiger partial charge < -0.3 is 21.3 Å². The predicted octanol–water partition coefficient (Wildman–Crippen LogP) is 2.33. The van der Waals surface area contributed by atoms with E-state index >= 15 is 0 Å². The van der Waals surface area contributed by atoms with Gasteiger partial charge in [0.25, 0.3) is 0 Å². The van der Waals surface area contributed by atoms with Gasteiger partial charge in [-0.05, 0) is 60.1 Å². The normalized spacial score (nSPS) is 24.8. The van der Waals surface area contributed by atoms with Crippen LogP contribution in [-0.4, -0.2) is 73.7 Å². The molecule has 1 atom stereocenters. The van der Waals surface area contributed by atoms with Crippen molar-refractivity contribution in [2.75, 3.05) is 63.9 Å². The molecule has 0 amide bonds. The Hall–Kier alpha value is -1.31. The lowest BCUT2D eigenvalue weighted by Crippen LogP contribution is -2.46. The largest absolute Gasteiger partial charge is 0.350 e. The van der Waals surface area contributed by atoms with Crippen LogP contribution in [0.2, 0.25) is 0 Å². The van der Waals surface area contributed by atoms with Gasteiger partial charge >= 0.3 is 0 Å². The maximum Gasteiger partial charge on any atom is 0.108 e. The molecule has 6 heterocycles. The van der Waals surface area contributed by atoms with Crippen molar-refractivity contribution in [3.63, 3.8) is 0 Å². The molecule has 6 aliphatic rings. The Morgan fingerprint density at radius 1 is 0.967 bits per heavy atom. The van der Waals surface area contributed by atoms with E-state index in [0.29, 0.717) is 6.54 Å². The minimum absolute atomic E-state index is 0.239. The van der Waals surface area contributed by atoms with E-state index in [-0.39, 0.29) is 6.17 Å². The van der Waals surface area contributed by atoms with E-state index in [1.54, 1.807) is 0 Å². The second-order valence-electron chi connectivity index (χ2n) is 8.42. The molecule has 1 unspecified atom stereocenters. The third-order valence-corrected chi connectivity index (χ3v) is 7.39. The van der Waals surface area contributed by atoms with Crippen LogP contribution < -0.4 is 16.4 Å². The fraction of sp³-hybridized carbons (Fsp3) is 0.583. The first-order valence-corrected chi connectivity index (χ1v) is 12.7. The van der Waals surface area contributed by atoms with Crippen LogP contribution in [0.3, 0.4) is 0 Å². The molecule has 30 heavy (non-hydrogen) atoms. The van der Waals surface area contributed by atoms with Crippen molar-refractivity contribution in [3.05, 3.63) is 58.8 Å². The summed E-state index contributed by atoms with van der Waals surface area (Å²) in [6.07, 6.45) is 8.45. The van der Waals surface area contributed by atoms with Gasteiger partial charge in [0.15, 0.2) is 0 Å². The molecule has 1 saturated heterocycles. The van der Waals surface area contributed by atoms with Gasteiger partial charge in [-0.2, -0.15) is 11.8 Å². The van der Waals surface area contributed by atoms with E-state index in [0.717, 1.165) is 52.2 Å². The lowest BCUT2D eigenvalue weighted by Gasteiger charge is -2.44. The molecule has 7 rings (SSSR count). The second kappa shape index (κ2) is 11.3. The predicted molar refractivity (Wildman–Crippen MR) is 129 cm³/mol. The first kappa shape index (κ1) is 21.9. The van der Waals surface area contributed by atoms with Gasteiger partial charge in [0.05, 0.1) is 0 Å². The van der Waals surface area contributed by atoms with E-state index in [1.165, 1.54) is 46.7 Å².